The highest BCUT2D eigenvalue weighted by molar-refractivity contribution is 6.06. The minimum atomic E-state index is -0.932. The molecule has 1 aromatic heterocycles. The molecule has 1 fully saturated rings. The molecule has 0 aliphatic carbocycles. The van der Waals surface area contributed by atoms with Crippen molar-refractivity contribution < 1.29 is 14.6 Å². The lowest BCUT2D eigenvalue weighted by Gasteiger charge is -2.40. The van der Waals surface area contributed by atoms with Crippen molar-refractivity contribution in [1.29, 1.82) is 0 Å². The van der Waals surface area contributed by atoms with Crippen molar-refractivity contribution >= 4 is 11.6 Å². The number of fused-ring (bicyclic) bond motifs is 2. The number of nitrogens with one attached hydrogen (secondary N) is 1. The van der Waals surface area contributed by atoms with E-state index in [0.717, 1.165) is 11.3 Å². The van der Waals surface area contributed by atoms with Crippen LogP contribution >= 0.6 is 0 Å². The van der Waals surface area contributed by atoms with Crippen LogP contribution in [0.3, 0.4) is 0 Å². The van der Waals surface area contributed by atoms with E-state index in [0.29, 0.717) is 25.9 Å². The van der Waals surface area contributed by atoms with Gasteiger partial charge in [0.1, 0.15) is 0 Å². The van der Waals surface area contributed by atoms with Crippen molar-refractivity contribution in [2.45, 2.75) is 51.0 Å². The number of piperidine rings is 1. The number of carbonyl (C=O) groups is 1. The van der Waals surface area contributed by atoms with Gasteiger partial charge in [0.2, 0.25) is 12.3 Å². The van der Waals surface area contributed by atoms with E-state index in [1.807, 2.05) is 31.7 Å². The summed E-state index contributed by atoms with van der Waals surface area (Å²) in [5.74, 6) is 0.0429. The average Bonchev–Trinajstić information content (AvgIpc) is 2.71. The van der Waals surface area contributed by atoms with E-state index in [1.165, 1.54) is 0 Å². The molecule has 1 spiro atoms. The predicted octanol–water partition coefficient (Wildman–Crippen LogP) is 1.46. The van der Waals surface area contributed by atoms with Gasteiger partial charge in [0.15, 0.2) is 0 Å². The third kappa shape index (κ3) is 2.62. The maximum atomic E-state index is 12.5. The molecule has 3 rings (SSSR count). The highest BCUT2D eigenvalue weighted by atomic mass is 16.6. The zero-order valence-electron chi connectivity index (χ0n) is 13.3. The van der Waals surface area contributed by atoms with Crippen molar-refractivity contribution in [3.63, 3.8) is 0 Å². The number of rotatable bonds is 2. The Labute approximate surface area is 130 Å². The normalized spacial score (nSPS) is 22.5. The zero-order chi connectivity index (χ0) is 16.0. The van der Waals surface area contributed by atoms with Gasteiger partial charge >= 0.3 is 0 Å². The summed E-state index contributed by atoms with van der Waals surface area (Å²) in [5, 5.41) is 13.1. The number of anilines is 1. The Hall–Kier alpha value is -1.50. The molecule has 1 amide bonds. The summed E-state index contributed by atoms with van der Waals surface area (Å²) in [6.07, 6.45) is 3.83. The summed E-state index contributed by atoms with van der Waals surface area (Å²) in [5.41, 5.74) is 0.944. The van der Waals surface area contributed by atoms with Gasteiger partial charge in [0.25, 0.3) is 0 Å². The lowest BCUT2D eigenvalue weighted by molar-refractivity contribution is -0.243. The second-order valence-corrected chi connectivity index (χ2v) is 7.05. The van der Waals surface area contributed by atoms with Crippen LogP contribution in [0.25, 0.3) is 0 Å². The molecule has 0 bridgehead atoms. The standard InChI is InChI=1S/C16H23N3O3/c1-15(2,3)22-14(21)19-8-5-16(6-9-19)11-4-7-17-10-12(11)18-13(16)20/h4,7,10,14,21H,5-6,8-9H2,1-3H3,(H,18,20). The molecular weight excluding hydrogens is 282 g/mol. The molecule has 0 saturated carbocycles. The number of hydrogen-bond donors (Lipinski definition) is 2. The minimum absolute atomic E-state index is 0.0429. The van der Waals surface area contributed by atoms with Crippen LogP contribution in [-0.2, 0) is 14.9 Å². The van der Waals surface area contributed by atoms with E-state index in [4.69, 9.17) is 4.74 Å². The number of carbonyl (C=O) groups excluding carboxylic acids is 1. The Morgan fingerprint density at radius 3 is 2.73 bits per heavy atom. The number of likely N-dealkylation sites (tertiary alicyclic amines) is 1. The van der Waals surface area contributed by atoms with Gasteiger partial charge in [-0.15, -0.1) is 0 Å². The quantitative estimate of drug-likeness (QED) is 0.809. The van der Waals surface area contributed by atoms with E-state index in [-0.39, 0.29) is 5.91 Å². The SMILES string of the molecule is CC(C)(C)OC(O)N1CCC2(CC1)C(=O)Nc1cnccc12. The number of hydrogen-bond acceptors (Lipinski definition) is 5. The molecule has 22 heavy (non-hydrogen) atoms. The molecule has 1 saturated heterocycles. The van der Waals surface area contributed by atoms with Gasteiger partial charge in [-0.3, -0.25) is 14.7 Å². The molecule has 1 atom stereocenters. The first-order chi connectivity index (χ1) is 10.3. The second kappa shape index (κ2) is 5.30. The van der Waals surface area contributed by atoms with E-state index < -0.39 is 17.4 Å². The lowest BCUT2D eigenvalue weighted by Crippen LogP contribution is -2.51. The molecule has 120 valence electrons. The van der Waals surface area contributed by atoms with Crippen LogP contribution in [0, 0.1) is 0 Å². The minimum Gasteiger partial charge on any atom is -0.356 e. The lowest BCUT2D eigenvalue weighted by atomic mass is 9.74. The Morgan fingerprint density at radius 1 is 1.41 bits per heavy atom. The Bertz CT molecular complexity index is 574. The number of ether oxygens (including phenoxy) is 1. The van der Waals surface area contributed by atoms with Crippen LogP contribution in [-0.4, -0.2) is 46.0 Å². The van der Waals surface area contributed by atoms with Crippen LogP contribution in [0.5, 0.6) is 0 Å². The predicted molar refractivity (Wildman–Crippen MR) is 82.2 cm³/mol. The third-order valence-corrected chi connectivity index (χ3v) is 4.44. The summed E-state index contributed by atoms with van der Waals surface area (Å²) >= 11 is 0. The van der Waals surface area contributed by atoms with Crippen LogP contribution < -0.4 is 5.32 Å². The summed E-state index contributed by atoms with van der Waals surface area (Å²) < 4.78 is 5.60. The average molecular weight is 305 g/mol. The molecule has 6 heteroatoms. The maximum absolute atomic E-state index is 12.5. The number of nitrogens with zero attached hydrogens (tertiary/aromatic N) is 2. The Balaban J connectivity index is 1.73. The van der Waals surface area contributed by atoms with Gasteiger partial charge in [-0.2, -0.15) is 0 Å². The highest BCUT2D eigenvalue weighted by Crippen LogP contribution is 2.44. The van der Waals surface area contributed by atoms with E-state index >= 15 is 0 Å². The van der Waals surface area contributed by atoms with Crippen molar-refractivity contribution in [3.8, 4) is 0 Å². The fraction of sp³-hybridized carbons (Fsp3) is 0.625. The van der Waals surface area contributed by atoms with Gasteiger partial charge in [0.05, 0.1) is 22.9 Å². The topological polar surface area (TPSA) is 74.7 Å². The van der Waals surface area contributed by atoms with E-state index in [2.05, 4.69) is 10.3 Å². The number of aliphatic hydroxyl groups is 1. The molecule has 1 aromatic rings. The van der Waals surface area contributed by atoms with E-state index in [9.17, 15) is 9.90 Å². The largest absolute Gasteiger partial charge is 0.356 e. The van der Waals surface area contributed by atoms with Gasteiger partial charge in [-0.05, 0) is 45.2 Å². The molecule has 1 unspecified atom stereocenters. The number of aliphatic hydroxyl groups excluding tert-OH is 1. The fourth-order valence-corrected chi connectivity index (χ4v) is 3.29. The molecule has 2 aliphatic rings. The molecule has 0 radical (unpaired) electrons. The van der Waals surface area contributed by atoms with Gasteiger partial charge in [-0.25, -0.2) is 0 Å². The molecule has 2 N–H and O–H groups in total. The van der Waals surface area contributed by atoms with Gasteiger partial charge in [0, 0.05) is 19.3 Å². The van der Waals surface area contributed by atoms with Crippen LogP contribution in [0.4, 0.5) is 5.69 Å². The van der Waals surface area contributed by atoms with Gasteiger partial charge < -0.3 is 15.2 Å². The molecule has 2 aliphatic heterocycles. The summed E-state index contributed by atoms with van der Waals surface area (Å²) in [6, 6.07) is 1.92. The molecule has 6 nitrogen and oxygen atoms in total. The molecular formula is C16H23N3O3. The monoisotopic (exact) mass is 305 g/mol. The molecule has 3 heterocycles. The summed E-state index contributed by atoms with van der Waals surface area (Å²) in [6.45, 7) is 6.97. The highest BCUT2D eigenvalue weighted by Gasteiger charge is 2.49. The van der Waals surface area contributed by atoms with E-state index in [1.54, 1.807) is 12.4 Å². The first kappa shape index (κ1) is 15.4. The Morgan fingerprint density at radius 2 is 2.09 bits per heavy atom. The van der Waals surface area contributed by atoms with Crippen molar-refractivity contribution in [1.82, 2.24) is 9.88 Å². The second-order valence-electron chi connectivity index (χ2n) is 7.05. The van der Waals surface area contributed by atoms with Crippen molar-refractivity contribution in [2.24, 2.45) is 0 Å². The maximum Gasteiger partial charge on any atom is 0.235 e. The first-order valence-electron chi connectivity index (χ1n) is 7.68. The van der Waals surface area contributed by atoms with Crippen molar-refractivity contribution in [3.05, 3.63) is 24.0 Å². The molecule has 0 aromatic carbocycles. The van der Waals surface area contributed by atoms with Gasteiger partial charge in [-0.1, -0.05) is 0 Å². The number of pyridine rings is 1. The first-order valence-corrected chi connectivity index (χ1v) is 7.68. The van der Waals surface area contributed by atoms with Crippen LogP contribution in [0.2, 0.25) is 0 Å². The third-order valence-electron chi connectivity index (χ3n) is 4.44. The number of aromatic nitrogens is 1. The zero-order valence-corrected chi connectivity index (χ0v) is 13.3. The van der Waals surface area contributed by atoms with Crippen LogP contribution in [0.1, 0.15) is 39.2 Å². The fourth-order valence-electron chi connectivity index (χ4n) is 3.29. The Kier molecular flexibility index (Phi) is 3.71. The van der Waals surface area contributed by atoms with Crippen LogP contribution in [0.15, 0.2) is 18.5 Å². The summed E-state index contributed by atoms with van der Waals surface area (Å²) in [7, 11) is 0. The number of amides is 1. The van der Waals surface area contributed by atoms with Crippen molar-refractivity contribution in [2.75, 3.05) is 18.4 Å². The summed E-state index contributed by atoms with van der Waals surface area (Å²) in [4.78, 5) is 18.4. The smallest absolute Gasteiger partial charge is 0.235 e.